The molecular formula is C15H16F3NOS. The Kier molecular flexibility index (Phi) is 3.84. The molecule has 1 aliphatic heterocycles. The number of thiophene rings is 1. The number of rotatable bonds is 2. The van der Waals surface area contributed by atoms with Crippen molar-refractivity contribution in [3.63, 3.8) is 0 Å². The molecule has 0 saturated heterocycles. The predicted octanol–water partition coefficient (Wildman–Crippen LogP) is 3.87. The number of alkyl halides is 3. The minimum Gasteiger partial charge on any atom is -0.497 e. The molecule has 0 fully saturated rings. The SMILES string of the molecule is COc1ccc2c3c(sc2c1)CCN(CC(F)(F)F)CC3. The van der Waals surface area contributed by atoms with Crippen LogP contribution in [0.15, 0.2) is 18.2 Å². The standard InChI is InChI=1S/C15H16F3NOS/c1-20-10-2-3-11-12-4-6-19(9-15(16,17)18)7-5-13(12)21-14(11)8-10/h2-3,8H,4-7,9H2,1H3. The lowest BCUT2D eigenvalue weighted by Crippen LogP contribution is -2.35. The monoisotopic (exact) mass is 315 g/mol. The maximum Gasteiger partial charge on any atom is 0.401 e. The third-order valence-corrected chi connectivity index (χ3v) is 5.07. The highest BCUT2D eigenvalue weighted by Gasteiger charge is 2.31. The zero-order valence-corrected chi connectivity index (χ0v) is 12.5. The van der Waals surface area contributed by atoms with Crippen molar-refractivity contribution in [2.45, 2.75) is 19.0 Å². The molecular weight excluding hydrogens is 299 g/mol. The summed E-state index contributed by atoms with van der Waals surface area (Å²) in [5.74, 6) is 0.817. The lowest BCUT2D eigenvalue weighted by molar-refractivity contribution is -0.145. The molecule has 0 amide bonds. The lowest BCUT2D eigenvalue weighted by Gasteiger charge is -2.21. The highest BCUT2D eigenvalue weighted by molar-refractivity contribution is 7.19. The summed E-state index contributed by atoms with van der Waals surface area (Å²) in [7, 11) is 1.63. The number of hydrogen-bond acceptors (Lipinski definition) is 3. The molecule has 2 heterocycles. The molecule has 114 valence electrons. The number of halogens is 3. The minimum absolute atomic E-state index is 0.463. The van der Waals surface area contributed by atoms with Crippen LogP contribution in [-0.2, 0) is 12.8 Å². The fraction of sp³-hybridized carbons (Fsp3) is 0.467. The number of ether oxygens (including phenoxy) is 1. The first-order valence-electron chi connectivity index (χ1n) is 6.83. The van der Waals surface area contributed by atoms with E-state index in [1.54, 1.807) is 18.4 Å². The zero-order chi connectivity index (χ0) is 15.0. The van der Waals surface area contributed by atoms with E-state index in [9.17, 15) is 13.2 Å². The average molecular weight is 315 g/mol. The fourth-order valence-corrected chi connectivity index (χ4v) is 4.11. The van der Waals surface area contributed by atoms with Crippen molar-refractivity contribution in [3.05, 3.63) is 28.6 Å². The Bertz CT molecular complexity index is 650. The summed E-state index contributed by atoms with van der Waals surface area (Å²) in [6.45, 7) is 0.120. The number of benzene rings is 1. The molecule has 0 atom stereocenters. The van der Waals surface area contributed by atoms with Crippen molar-refractivity contribution >= 4 is 21.4 Å². The predicted molar refractivity (Wildman–Crippen MR) is 78.3 cm³/mol. The van der Waals surface area contributed by atoms with E-state index < -0.39 is 12.7 Å². The van der Waals surface area contributed by atoms with Crippen LogP contribution < -0.4 is 4.74 Å². The van der Waals surface area contributed by atoms with Crippen LogP contribution in [0.2, 0.25) is 0 Å². The van der Waals surface area contributed by atoms with Crippen molar-refractivity contribution in [2.24, 2.45) is 0 Å². The van der Waals surface area contributed by atoms with Crippen molar-refractivity contribution in [2.75, 3.05) is 26.7 Å². The van der Waals surface area contributed by atoms with Gasteiger partial charge < -0.3 is 4.74 Å². The van der Waals surface area contributed by atoms with Gasteiger partial charge in [-0.25, -0.2) is 0 Å². The van der Waals surface area contributed by atoms with Crippen molar-refractivity contribution in [1.29, 1.82) is 0 Å². The molecule has 0 spiro atoms. The summed E-state index contributed by atoms with van der Waals surface area (Å²) in [5, 5.41) is 1.16. The summed E-state index contributed by atoms with van der Waals surface area (Å²) in [6, 6.07) is 5.93. The number of nitrogens with zero attached hydrogens (tertiary/aromatic N) is 1. The van der Waals surface area contributed by atoms with Gasteiger partial charge in [-0.05, 0) is 42.0 Å². The molecule has 3 rings (SSSR count). The maximum absolute atomic E-state index is 12.5. The summed E-state index contributed by atoms with van der Waals surface area (Å²) in [4.78, 5) is 2.71. The molecule has 0 radical (unpaired) electrons. The first-order chi connectivity index (χ1) is 9.96. The first kappa shape index (κ1) is 14.7. The van der Waals surface area contributed by atoms with E-state index in [1.165, 1.54) is 15.3 Å². The number of fused-ring (bicyclic) bond motifs is 3. The maximum atomic E-state index is 12.5. The molecule has 0 aliphatic carbocycles. The number of hydrogen-bond donors (Lipinski definition) is 0. The largest absolute Gasteiger partial charge is 0.497 e. The van der Waals surface area contributed by atoms with Crippen LogP contribution >= 0.6 is 11.3 Å². The molecule has 1 aromatic carbocycles. The van der Waals surface area contributed by atoms with Gasteiger partial charge in [0.25, 0.3) is 0 Å². The molecule has 1 aromatic heterocycles. The molecule has 0 unspecified atom stereocenters. The van der Waals surface area contributed by atoms with Crippen LogP contribution in [0, 0.1) is 0 Å². The van der Waals surface area contributed by atoms with Crippen LogP contribution in [0.4, 0.5) is 13.2 Å². The third-order valence-electron chi connectivity index (χ3n) is 3.82. The van der Waals surface area contributed by atoms with E-state index in [-0.39, 0.29) is 0 Å². The zero-order valence-electron chi connectivity index (χ0n) is 11.7. The molecule has 21 heavy (non-hydrogen) atoms. The second-order valence-electron chi connectivity index (χ2n) is 5.26. The van der Waals surface area contributed by atoms with E-state index in [4.69, 9.17) is 4.74 Å². The minimum atomic E-state index is -4.12. The third kappa shape index (κ3) is 3.16. The molecule has 0 bridgehead atoms. The Morgan fingerprint density at radius 2 is 2.00 bits per heavy atom. The number of methoxy groups -OCH3 is 1. The Hall–Kier alpha value is -1.27. The molecule has 1 aliphatic rings. The van der Waals surface area contributed by atoms with Gasteiger partial charge in [-0.1, -0.05) is 0 Å². The smallest absolute Gasteiger partial charge is 0.401 e. The average Bonchev–Trinajstić information content (AvgIpc) is 2.66. The van der Waals surface area contributed by atoms with Gasteiger partial charge in [0.15, 0.2) is 0 Å². The summed E-state index contributed by atoms with van der Waals surface area (Å²) < 4.78 is 43.9. The fourth-order valence-electron chi connectivity index (χ4n) is 2.84. The van der Waals surface area contributed by atoms with Crippen LogP contribution in [0.3, 0.4) is 0 Å². The lowest BCUT2D eigenvalue weighted by atomic mass is 10.1. The van der Waals surface area contributed by atoms with E-state index in [0.29, 0.717) is 25.9 Å². The Balaban J connectivity index is 1.85. The molecule has 6 heteroatoms. The normalized spacial score (nSPS) is 16.8. The summed E-state index contributed by atoms with van der Waals surface area (Å²) >= 11 is 1.67. The van der Waals surface area contributed by atoms with Crippen LogP contribution in [0.5, 0.6) is 5.75 Å². The van der Waals surface area contributed by atoms with Crippen LogP contribution in [0.1, 0.15) is 10.4 Å². The van der Waals surface area contributed by atoms with Gasteiger partial charge in [-0.3, -0.25) is 4.90 Å². The van der Waals surface area contributed by atoms with Crippen molar-refractivity contribution < 1.29 is 17.9 Å². The van der Waals surface area contributed by atoms with E-state index in [0.717, 1.165) is 15.8 Å². The van der Waals surface area contributed by atoms with Gasteiger partial charge >= 0.3 is 6.18 Å². The van der Waals surface area contributed by atoms with Crippen LogP contribution in [0.25, 0.3) is 10.1 Å². The molecule has 0 saturated carbocycles. The first-order valence-corrected chi connectivity index (χ1v) is 7.65. The highest BCUT2D eigenvalue weighted by Crippen LogP contribution is 2.36. The Labute approximate surface area is 125 Å². The quantitative estimate of drug-likeness (QED) is 0.834. The van der Waals surface area contributed by atoms with Gasteiger partial charge in [0, 0.05) is 22.7 Å². The molecule has 0 N–H and O–H groups in total. The van der Waals surface area contributed by atoms with Gasteiger partial charge in [-0.2, -0.15) is 13.2 Å². The topological polar surface area (TPSA) is 12.5 Å². The van der Waals surface area contributed by atoms with Crippen LogP contribution in [-0.4, -0.2) is 37.8 Å². The van der Waals surface area contributed by atoms with Crippen molar-refractivity contribution in [1.82, 2.24) is 4.90 Å². The summed E-state index contributed by atoms with van der Waals surface area (Å²) in [5.41, 5.74) is 1.21. The van der Waals surface area contributed by atoms with E-state index in [2.05, 4.69) is 0 Å². The van der Waals surface area contributed by atoms with E-state index >= 15 is 0 Å². The van der Waals surface area contributed by atoms with Gasteiger partial charge in [0.2, 0.25) is 0 Å². The second-order valence-corrected chi connectivity index (χ2v) is 6.39. The molecule has 2 aromatic rings. The Morgan fingerprint density at radius 1 is 1.24 bits per heavy atom. The highest BCUT2D eigenvalue weighted by atomic mass is 32.1. The van der Waals surface area contributed by atoms with Gasteiger partial charge in [0.05, 0.1) is 13.7 Å². The van der Waals surface area contributed by atoms with Crippen molar-refractivity contribution in [3.8, 4) is 5.75 Å². The van der Waals surface area contributed by atoms with E-state index in [1.807, 2.05) is 18.2 Å². The summed E-state index contributed by atoms with van der Waals surface area (Å²) in [6.07, 6.45) is -2.75. The van der Waals surface area contributed by atoms with Gasteiger partial charge in [-0.15, -0.1) is 11.3 Å². The second kappa shape index (κ2) is 5.50. The Morgan fingerprint density at radius 3 is 2.71 bits per heavy atom. The van der Waals surface area contributed by atoms with Gasteiger partial charge in [0.1, 0.15) is 5.75 Å². The molecule has 2 nitrogen and oxygen atoms in total.